The molecule has 1 N–H and O–H groups in total. The van der Waals surface area contributed by atoms with Crippen molar-refractivity contribution >= 4 is 16.9 Å². The van der Waals surface area contributed by atoms with E-state index in [0.29, 0.717) is 17.1 Å². The van der Waals surface area contributed by atoms with Crippen LogP contribution in [0.15, 0.2) is 40.9 Å². The Bertz CT molecular complexity index is 998. The van der Waals surface area contributed by atoms with Crippen LogP contribution >= 0.6 is 0 Å². The summed E-state index contributed by atoms with van der Waals surface area (Å²) in [7, 11) is 1.56. The Kier molecular flexibility index (Phi) is 4.87. The molecule has 2 aromatic heterocycles. The van der Waals surface area contributed by atoms with Crippen LogP contribution in [0.4, 0.5) is 8.78 Å². The quantitative estimate of drug-likeness (QED) is 0.718. The Morgan fingerprint density at radius 2 is 2.04 bits per heavy atom. The van der Waals surface area contributed by atoms with Crippen LogP contribution < -0.4 is 10.1 Å². The van der Waals surface area contributed by atoms with Gasteiger partial charge in [-0.2, -0.15) is 8.78 Å². The van der Waals surface area contributed by atoms with Crippen molar-refractivity contribution in [3.63, 3.8) is 0 Å². The second kappa shape index (κ2) is 6.98. The minimum Gasteiger partial charge on any atom is -0.497 e. The molecule has 0 saturated heterocycles. The third kappa shape index (κ3) is 3.37. The van der Waals surface area contributed by atoms with E-state index < -0.39 is 23.6 Å². The van der Waals surface area contributed by atoms with Gasteiger partial charge in [0.1, 0.15) is 22.8 Å². The summed E-state index contributed by atoms with van der Waals surface area (Å²) < 4.78 is 40.1. The van der Waals surface area contributed by atoms with Crippen molar-refractivity contribution in [2.24, 2.45) is 0 Å². The highest BCUT2D eigenvalue weighted by Crippen LogP contribution is 2.34. The number of pyridine rings is 1. The second-order valence-electron chi connectivity index (χ2n) is 6.39. The van der Waals surface area contributed by atoms with Gasteiger partial charge in [-0.25, -0.2) is 0 Å². The van der Waals surface area contributed by atoms with Crippen molar-refractivity contribution in [2.75, 3.05) is 7.11 Å². The van der Waals surface area contributed by atoms with Crippen molar-refractivity contribution < 1.29 is 22.7 Å². The number of furan rings is 1. The molecular weight excluding hydrogens is 354 g/mol. The van der Waals surface area contributed by atoms with E-state index in [2.05, 4.69) is 10.3 Å². The van der Waals surface area contributed by atoms with Crippen LogP contribution in [0.3, 0.4) is 0 Å². The summed E-state index contributed by atoms with van der Waals surface area (Å²) >= 11 is 0. The molecule has 3 rings (SSSR count). The predicted molar refractivity (Wildman–Crippen MR) is 96.9 cm³/mol. The smallest absolute Gasteiger partial charge is 0.366 e. The molecule has 1 aromatic carbocycles. The third-order valence-corrected chi connectivity index (χ3v) is 4.51. The molecule has 0 spiro atoms. The van der Waals surface area contributed by atoms with Gasteiger partial charge in [0.25, 0.3) is 5.91 Å². The van der Waals surface area contributed by atoms with Crippen LogP contribution in [0.25, 0.3) is 11.0 Å². The first kappa shape index (κ1) is 18.8. The summed E-state index contributed by atoms with van der Waals surface area (Å²) in [6.45, 7) is 4.90. The Morgan fingerprint density at radius 3 is 2.70 bits per heavy atom. The van der Waals surface area contributed by atoms with Gasteiger partial charge in [0.15, 0.2) is 0 Å². The van der Waals surface area contributed by atoms with Crippen molar-refractivity contribution in [3.05, 3.63) is 59.1 Å². The molecule has 0 saturated carbocycles. The first-order valence-corrected chi connectivity index (χ1v) is 8.43. The lowest BCUT2D eigenvalue weighted by molar-refractivity contribution is -0.148. The van der Waals surface area contributed by atoms with E-state index in [4.69, 9.17) is 9.15 Å². The number of alkyl halides is 2. The molecule has 2 heterocycles. The van der Waals surface area contributed by atoms with Gasteiger partial charge >= 0.3 is 5.92 Å². The van der Waals surface area contributed by atoms with Gasteiger partial charge in [0.05, 0.1) is 13.2 Å². The molecule has 0 aliphatic carbocycles. The van der Waals surface area contributed by atoms with E-state index in [1.165, 1.54) is 19.2 Å². The minimum atomic E-state index is -3.75. The lowest BCUT2D eigenvalue weighted by Gasteiger charge is -2.20. The molecular formula is C20H20F2N2O3. The molecule has 3 aromatic rings. The first-order valence-electron chi connectivity index (χ1n) is 8.43. The summed E-state index contributed by atoms with van der Waals surface area (Å²) in [6.07, 6.45) is 1.24. The number of amides is 1. The number of hydrogen-bond donors (Lipinski definition) is 1. The number of benzene rings is 1. The van der Waals surface area contributed by atoms with E-state index in [9.17, 15) is 13.6 Å². The van der Waals surface area contributed by atoms with Gasteiger partial charge in [-0.05, 0) is 50.6 Å². The van der Waals surface area contributed by atoms with Gasteiger partial charge in [-0.3, -0.25) is 9.78 Å². The van der Waals surface area contributed by atoms with E-state index in [1.807, 2.05) is 6.92 Å². The van der Waals surface area contributed by atoms with Crippen LogP contribution in [0.2, 0.25) is 0 Å². The maximum Gasteiger partial charge on any atom is 0.366 e. The fourth-order valence-electron chi connectivity index (χ4n) is 3.03. The van der Waals surface area contributed by atoms with Gasteiger partial charge in [-0.15, -0.1) is 0 Å². The zero-order valence-electron chi connectivity index (χ0n) is 15.5. The maximum atomic E-state index is 14.6. The van der Waals surface area contributed by atoms with Crippen LogP contribution in [-0.4, -0.2) is 18.0 Å². The lowest BCUT2D eigenvalue weighted by Crippen LogP contribution is -2.40. The fraction of sp³-hybridized carbons (Fsp3) is 0.300. The largest absolute Gasteiger partial charge is 0.497 e. The summed E-state index contributed by atoms with van der Waals surface area (Å²) in [5.74, 6) is -4.09. The Balaban J connectivity index is 1.87. The minimum absolute atomic E-state index is 0.248. The van der Waals surface area contributed by atoms with Gasteiger partial charge < -0.3 is 14.5 Å². The molecule has 1 atom stereocenters. The highest BCUT2D eigenvalue weighted by Gasteiger charge is 2.44. The van der Waals surface area contributed by atoms with Crippen molar-refractivity contribution in [2.45, 2.75) is 32.7 Å². The summed E-state index contributed by atoms with van der Waals surface area (Å²) in [4.78, 5) is 15.9. The van der Waals surface area contributed by atoms with Gasteiger partial charge in [-0.1, -0.05) is 6.07 Å². The third-order valence-electron chi connectivity index (χ3n) is 4.51. The number of nitrogens with zero attached hydrogens (tertiary/aromatic N) is 1. The van der Waals surface area contributed by atoms with E-state index in [1.54, 1.807) is 38.3 Å². The topological polar surface area (TPSA) is 64.4 Å². The Labute approximate surface area is 155 Å². The standard InChI is InChI=1S/C20H20F2N2O3/c1-11-6-5-9-23-18(11)20(21,22)19(25)24-13(3)17-12(2)15-10-14(26-4)7-8-16(15)27-17/h5-10,13H,1-4H3,(H,24,25). The number of carbonyl (C=O) groups excluding carboxylic acids is 1. The average Bonchev–Trinajstić information content (AvgIpc) is 2.98. The molecule has 1 amide bonds. The highest BCUT2D eigenvalue weighted by molar-refractivity contribution is 5.86. The van der Waals surface area contributed by atoms with Crippen LogP contribution in [0, 0.1) is 13.8 Å². The second-order valence-corrected chi connectivity index (χ2v) is 6.39. The fourth-order valence-corrected chi connectivity index (χ4v) is 3.03. The average molecular weight is 374 g/mol. The summed E-state index contributed by atoms with van der Waals surface area (Å²) in [6, 6.07) is 7.58. The number of rotatable bonds is 5. The SMILES string of the molecule is COc1ccc2oc(C(C)NC(=O)C(F)(F)c3ncccc3C)c(C)c2c1. The van der Waals surface area contributed by atoms with E-state index in [0.717, 1.165) is 10.9 Å². The van der Waals surface area contributed by atoms with Crippen molar-refractivity contribution in [1.82, 2.24) is 10.3 Å². The molecule has 5 nitrogen and oxygen atoms in total. The molecule has 0 aliphatic rings. The van der Waals surface area contributed by atoms with E-state index in [-0.39, 0.29) is 5.56 Å². The Morgan fingerprint density at radius 1 is 1.30 bits per heavy atom. The molecule has 1 unspecified atom stereocenters. The highest BCUT2D eigenvalue weighted by atomic mass is 19.3. The van der Waals surface area contributed by atoms with Crippen LogP contribution in [0.1, 0.15) is 35.5 Å². The number of fused-ring (bicyclic) bond motifs is 1. The lowest BCUT2D eigenvalue weighted by atomic mass is 10.1. The van der Waals surface area contributed by atoms with Gasteiger partial charge in [0.2, 0.25) is 0 Å². The van der Waals surface area contributed by atoms with Crippen molar-refractivity contribution in [3.8, 4) is 5.75 Å². The van der Waals surface area contributed by atoms with E-state index >= 15 is 0 Å². The number of ether oxygens (including phenoxy) is 1. The van der Waals surface area contributed by atoms with Crippen molar-refractivity contribution in [1.29, 1.82) is 0 Å². The first-order chi connectivity index (χ1) is 12.8. The molecule has 0 fully saturated rings. The van der Waals surface area contributed by atoms with Crippen LogP contribution in [0.5, 0.6) is 5.75 Å². The Hall–Kier alpha value is -2.96. The number of aryl methyl sites for hydroxylation is 2. The summed E-state index contributed by atoms with van der Waals surface area (Å²) in [5.41, 5.74) is 1.05. The number of hydrogen-bond acceptors (Lipinski definition) is 4. The molecule has 0 aliphatic heterocycles. The molecule has 0 radical (unpaired) electrons. The molecule has 7 heteroatoms. The monoisotopic (exact) mass is 374 g/mol. The number of methoxy groups -OCH3 is 1. The van der Waals surface area contributed by atoms with Crippen LogP contribution in [-0.2, 0) is 10.7 Å². The van der Waals surface area contributed by atoms with Gasteiger partial charge in [0, 0.05) is 17.1 Å². The zero-order valence-corrected chi connectivity index (χ0v) is 15.5. The summed E-state index contributed by atoms with van der Waals surface area (Å²) in [5, 5.41) is 3.14. The predicted octanol–water partition coefficient (Wildman–Crippen LogP) is 4.42. The number of halogens is 2. The normalized spacial score (nSPS) is 12.8. The maximum absolute atomic E-state index is 14.6. The zero-order chi connectivity index (χ0) is 19.8. The number of nitrogens with one attached hydrogen (secondary N) is 1. The molecule has 27 heavy (non-hydrogen) atoms. The molecule has 142 valence electrons. The molecule has 0 bridgehead atoms. The number of carbonyl (C=O) groups is 1. The number of aromatic nitrogens is 1.